The number of aromatic amines is 1. The van der Waals surface area contributed by atoms with E-state index in [0.717, 1.165) is 49.0 Å². The number of H-pyrrole nitrogens is 1. The molecule has 1 aliphatic rings. The Morgan fingerprint density at radius 3 is 2.87 bits per heavy atom. The number of amides is 1. The lowest BCUT2D eigenvalue weighted by molar-refractivity contribution is 0.0945. The molecule has 0 aliphatic carbocycles. The van der Waals surface area contributed by atoms with E-state index in [1.807, 2.05) is 18.2 Å². The summed E-state index contributed by atoms with van der Waals surface area (Å²) in [5.74, 6) is 1.47. The first-order chi connectivity index (χ1) is 14.7. The van der Waals surface area contributed by atoms with Crippen LogP contribution in [0.1, 0.15) is 45.2 Å². The Hall–Kier alpha value is -3.52. The molecule has 4 rings (SSSR count). The average Bonchev–Trinajstić information content (AvgIpc) is 3.38. The van der Waals surface area contributed by atoms with E-state index in [1.165, 1.54) is 6.26 Å². The molecule has 154 valence electrons. The third kappa shape index (κ3) is 4.38. The van der Waals surface area contributed by atoms with E-state index in [4.69, 9.17) is 4.42 Å². The van der Waals surface area contributed by atoms with Gasteiger partial charge in [0.25, 0.3) is 5.91 Å². The Labute approximate surface area is 174 Å². The number of rotatable bonds is 9. The predicted octanol–water partition coefficient (Wildman–Crippen LogP) is 2.65. The van der Waals surface area contributed by atoms with E-state index in [0.29, 0.717) is 18.1 Å². The molecule has 1 amide bonds. The number of imidazole rings is 1. The molecule has 1 saturated heterocycles. The summed E-state index contributed by atoms with van der Waals surface area (Å²) in [6, 6.07) is 5.58. The van der Waals surface area contributed by atoms with Gasteiger partial charge in [0.15, 0.2) is 11.6 Å². The van der Waals surface area contributed by atoms with Crippen molar-refractivity contribution in [2.45, 2.75) is 18.9 Å². The summed E-state index contributed by atoms with van der Waals surface area (Å²) in [5.41, 5.74) is 2.82. The Morgan fingerprint density at radius 1 is 1.30 bits per heavy atom. The standard InChI is InChI=1S/C22H24N6O2/c1-3-17-18(4-2)26-20(25-17)8-10-28-12-15(13-28)22-27-19(14-30-22)21(29)24-11-16-7-5-6-9-23-16/h3-7,9,14-15H,1-2,8,10-13H2,(H,24,29)(H,25,26). The molecule has 8 nitrogen and oxygen atoms in total. The van der Waals surface area contributed by atoms with Crippen molar-refractivity contribution in [3.05, 3.63) is 78.3 Å². The minimum Gasteiger partial charge on any atom is -0.448 e. The van der Waals surface area contributed by atoms with Gasteiger partial charge in [0.2, 0.25) is 0 Å². The molecule has 3 aromatic rings. The van der Waals surface area contributed by atoms with Crippen LogP contribution in [-0.2, 0) is 13.0 Å². The third-order valence-electron chi connectivity index (χ3n) is 5.09. The Balaban J connectivity index is 1.24. The second-order valence-corrected chi connectivity index (χ2v) is 7.17. The zero-order chi connectivity index (χ0) is 20.9. The molecular weight excluding hydrogens is 380 g/mol. The van der Waals surface area contributed by atoms with Gasteiger partial charge in [-0.2, -0.15) is 0 Å². The molecule has 0 aromatic carbocycles. The number of carbonyl (C=O) groups is 1. The van der Waals surface area contributed by atoms with Crippen LogP contribution >= 0.6 is 0 Å². The largest absolute Gasteiger partial charge is 0.448 e. The van der Waals surface area contributed by atoms with E-state index < -0.39 is 0 Å². The number of hydrogen-bond donors (Lipinski definition) is 2. The maximum absolute atomic E-state index is 12.3. The number of likely N-dealkylation sites (tertiary alicyclic amines) is 1. The van der Waals surface area contributed by atoms with Gasteiger partial charge in [0, 0.05) is 32.3 Å². The molecule has 1 fully saturated rings. The van der Waals surface area contributed by atoms with Crippen molar-refractivity contribution in [3.63, 3.8) is 0 Å². The van der Waals surface area contributed by atoms with Crippen LogP contribution in [0.5, 0.6) is 0 Å². The quantitative estimate of drug-likeness (QED) is 0.569. The van der Waals surface area contributed by atoms with Gasteiger partial charge in [-0.3, -0.25) is 9.78 Å². The van der Waals surface area contributed by atoms with Crippen LogP contribution in [0.4, 0.5) is 0 Å². The zero-order valence-electron chi connectivity index (χ0n) is 16.7. The number of carbonyl (C=O) groups excluding carboxylic acids is 1. The van der Waals surface area contributed by atoms with Crippen molar-refractivity contribution in [1.29, 1.82) is 0 Å². The van der Waals surface area contributed by atoms with Gasteiger partial charge in [0.1, 0.15) is 12.1 Å². The second kappa shape index (κ2) is 8.87. The number of aromatic nitrogens is 4. The number of pyridine rings is 1. The van der Waals surface area contributed by atoms with E-state index in [-0.39, 0.29) is 11.8 Å². The van der Waals surface area contributed by atoms with Gasteiger partial charge in [-0.25, -0.2) is 9.97 Å². The van der Waals surface area contributed by atoms with Crippen molar-refractivity contribution < 1.29 is 9.21 Å². The lowest BCUT2D eigenvalue weighted by atomic mass is 10.00. The fraction of sp³-hybridized carbons (Fsp3) is 0.273. The minimum atomic E-state index is -0.263. The summed E-state index contributed by atoms with van der Waals surface area (Å²) < 4.78 is 5.55. The van der Waals surface area contributed by atoms with Crippen molar-refractivity contribution in [2.24, 2.45) is 0 Å². The van der Waals surface area contributed by atoms with Crippen LogP contribution in [0.2, 0.25) is 0 Å². The maximum Gasteiger partial charge on any atom is 0.273 e. The number of nitrogens with zero attached hydrogens (tertiary/aromatic N) is 4. The third-order valence-corrected chi connectivity index (χ3v) is 5.09. The Kier molecular flexibility index (Phi) is 5.85. The number of nitrogens with one attached hydrogen (secondary N) is 2. The molecule has 0 atom stereocenters. The zero-order valence-corrected chi connectivity index (χ0v) is 16.7. The summed E-state index contributed by atoms with van der Waals surface area (Å²) in [7, 11) is 0. The van der Waals surface area contributed by atoms with Gasteiger partial charge in [0.05, 0.1) is 29.5 Å². The molecule has 3 aromatic heterocycles. The summed E-state index contributed by atoms with van der Waals surface area (Å²) in [5, 5.41) is 2.81. The van der Waals surface area contributed by atoms with Gasteiger partial charge in [-0.1, -0.05) is 19.2 Å². The molecule has 30 heavy (non-hydrogen) atoms. The fourth-order valence-electron chi connectivity index (χ4n) is 3.40. The van der Waals surface area contributed by atoms with Crippen LogP contribution in [0.15, 0.2) is 48.2 Å². The first-order valence-corrected chi connectivity index (χ1v) is 9.86. The Bertz CT molecular complexity index is 1010. The lowest BCUT2D eigenvalue weighted by Crippen LogP contribution is -2.46. The topological polar surface area (TPSA) is 99.9 Å². The molecule has 4 heterocycles. The first-order valence-electron chi connectivity index (χ1n) is 9.86. The SMILES string of the molecule is C=Cc1nc(CCN2CC(c3nc(C(=O)NCc4ccccn4)co3)C2)[nH]c1C=C. The molecule has 8 heteroatoms. The molecular formula is C22H24N6O2. The van der Waals surface area contributed by atoms with Crippen molar-refractivity contribution in [3.8, 4) is 0 Å². The highest BCUT2D eigenvalue weighted by Crippen LogP contribution is 2.26. The summed E-state index contributed by atoms with van der Waals surface area (Å²) >= 11 is 0. The van der Waals surface area contributed by atoms with Gasteiger partial charge in [-0.15, -0.1) is 0 Å². The normalized spacial score (nSPS) is 14.3. The first kappa shape index (κ1) is 19.8. The van der Waals surface area contributed by atoms with Gasteiger partial charge < -0.3 is 19.6 Å². The molecule has 0 spiro atoms. The van der Waals surface area contributed by atoms with Crippen LogP contribution < -0.4 is 5.32 Å². The predicted molar refractivity (Wildman–Crippen MR) is 114 cm³/mol. The van der Waals surface area contributed by atoms with Crippen molar-refractivity contribution >= 4 is 18.1 Å². The Morgan fingerprint density at radius 2 is 2.17 bits per heavy atom. The minimum absolute atomic E-state index is 0.200. The van der Waals surface area contributed by atoms with E-state index >= 15 is 0 Å². The highest BCUT2D eigenvalue weighted by atomic mass is 16.3. The maximum atomic E-state index is 12.3. The number of oxazole rings is 1. The molecule has 1 aliphatic heterocycles. The van der Waals surface area contributed by atoms with E-state index in [2.05, 4.69) is 43.3 Å². The van der Waals surface area contributed by atoms with Crippen LogP contribution in [0.25, 0.3) is 12.2 Å². The van der Waals surface area contributed by atoms with Crippen LogP contribution in [0.3, 0.4) is 0 Å². The molecule has 0 saturated carbocycles. The van der Waals surface area contributed by atoms with E-state index in [1.54, 1.807) is 18.3 Å². The molecule has 0 bridgehead atoms. The summed E-state index contributed by atoms with van der Waals surface area (Å²) in [6.45, 7) is 10.5. The van der Waals surface area contributed by atoms with Gasteiger partial charge in [-0.05, 0) is 24.3 Å². The van der Waals surface area contributed by atoms with Crippen LogP contribution in [0, 0.1) is 0 Å². The van der Waals surface area contributed by atoms with Crippen molar-refractivity contribution in [1.82, 2.24) is 30.2 Å². The van der Waals surface area contributed by atoms with Crippen LogP contribution in [-0.4, -0.2) is 50.4 Å². The molecule has 0 unspecified atom stereocenters. The van der Waals surface area contributed by atoms with Gasteiger partial charge >= 0.3 is 0 Å². The summed E-state index contributed by atoms with van der Waals surface area (Å²) in [6.07, 6.45) is 7.40. The summed E-state index contributed by atoms with van der Waals surface area (Å²) in [4.78, 5) is 30.9. The lowest BCUT2D eigenvalue weighted by Gasteiger charge is -2.37. The average molecular weight is 404 g/mol. The monoisotopic (exact) mass is 404 g/mol. The smallest absolute Gasteiger partial charge is 0.273 e. The molecule has 2 N–H and O–H groups in total. The fourth-order valence-corrected chi connectivity index (χ4v) is 3.40. The highest BCUT2D eigenvalue weighted by Gasteiger charge is 2.32. The van der Waals surface area contributed by atoms with E-state index in [9.17, 15) is 4.79 Å². The highest BCUT2D eigenvalue weighted by molar-refractivity contribution is 5.91. The number of hydrogen-bond acceptors (Lipinski definition) is 6. The second-order valence-electron chi connectivity index (χ2n) is 7.17. The van der Waals surface area contributed by atoms with Crippen molar-refractivity contribution in [2.75, 3.05) is 19.6 Å². The molecule has 0 radical (unpaired) electrons.